The van der Waals surface area contributed by atoms with Crippen molar-refractivity contribution in [3.8, 4) is 17.2 Å². The van der Waals surface area contributed by atoms with Gasteiger partial charge in [-0.1, -0.05) is 35.3 Å². The number of nitrogens with zero attached hydrogens (tertiary/aromatic N) is 1. The fraction of sp³-hybridized carbons (Fsp3) is 0.0455. The van der Waals surface area contributed by atoms with E-state index in [9.17, 15) is 4.79 Å². The lowest BCUT2D eigenvalue weighted by Crippen LogP contribution is -2.34. The van der Waals surface area contributed by atoms with Crippen LogP contribution in [-0.4, -0.2) is 23.1 Å². The number of halogens is 2. The van der Waals surface area contributed by atoms with Crippen LogP contribution in [-0.2, 0) is 0 Å². The molecule has 2 N–H and O–H groups in total. The van der Waals surface area contributed by atoms with Gasteiger partial charge in [0.15, 0.2) is 10.7 Å². The molecule has 0 saturated heterocycles. The average molecular weight is 472 g/mol. The highest BCUT2D eigenvalue weighted by Crippen LogP contribution is 2.32. The van der Waals surface area contributed by atoms with Crippen LogP contribution in [0.15, 0.2) is 65.1 Å². The van der Waals surface area contributed by atoms with Crippen molar-refractivity contribution in [1.29, 1.82) is 0 Å². The van der Waals surface area contributed by atoms with Crippen LogP contribution < -0.4 is 15.4 Å². The van der Waals surface area contributed by atoms with E-state index in [1.165, 1.54) is 13.2 Å². The number of nitrogens with one attached hydrogen (secondary N) is 2. The summed E-state index contributed by atoms with van der Waals surface area (Å²) in [5.74, 6) is 0.313. The van der Waals surface area contributed by atoms with E-state index in [-0.39, 0.29) is 10.7 Å². The molecule has 0 aliphatic carbocycles. The Balaban J connectivity index is 1.53. The number of benzene rings is 3. The number of anilines is 1. The van der Waals surface area contributed by atoms with Crippen molar-refractivity contribution in [2.45, 2.75) is 0 Å². The van der Waals surface area contributed by atoms with Crippen molar-refractivity contribution in [2.75, 3.05) is 12.4 Å². The number of para-hydroxylation sites is 2. The summed E-state index contributed by atoms with van der Waals surface area (Å²) in [5.41, 5.74) is 2.84. The zero-order valence-corrected chi connectivity index (χ0v) is 18.4. The van der Waals surface area contributed by atoms with Crippen LogP contribution in [0.2, 0.25) is 10.0 Å². The fourth-order valence-corrected chi connectivity index (χ4v) is 3.53. The Labute approximate surface area is 193 Å². The number of rotatable bonds is 4. The van der Waals surface area contributed by atoms with Crippen molar-refractivity contribution in [2.24, 2.45) is 0 Å². The quantitative estimate of drug-likeness (QED) is 0.358. The van der Waals surface area contributed by atoms with Crippen molar-refractivity contribution < 1.29 is 13.9 Å². The van der Waals surface area contributed by atoms with Crippen LogP contribution in [0.4, 0.5) is 5.69 Å². The highest BCUT2D eigenvalue weighted by molar-refractivity contribution is 7.80. The molecular formula is C22H15Cl2N3O3S. The molecule has 4 aromatic rings. The van der Waals surface area contributed by atoms with Gasteiger partial charge >= 0.3 is 0 Å². The van der Waals surface area contributed by atoms with Crippen molar-refractivity contribution >= 4 is 63.2 Å². The van der Waals surface area contributed by atoms with Crippen LogP contribution in [0.1, 0.15) is 10.4 Å². The summed E-state index contributed by atoms with van der Waals surface area (Å²) in [5, 5.41) is 6.55. The van der Waals surface area contributed by atoms with Gasteiger partial charge in [0, 0.05) is 10.7 Å². The molecule has 1 aromatic heterocycles. The topological polar surface area (TPSA) is 76.4 Å². The monoisotopic (exact) mass is 471 g/mol. The first-order valence-corrected chi connectivity index (χ1v) is 10.2. The summed E-state index contributed by atoms with van der Waals surface area (Å²) < 4.78 is 11.0. The largest absolute Gasteiger partial charge is 0.496 e. The van der Waals surface area contributed by atoms with Gasteiger partial charge in [0.25, 0.3) is 5.91 Å². The van der Waals surface area contributed by atoms with Crippen molar-refractivity contribution in [3.05, 3.63) is 76.3 Å². The summed E-state index contributed by atoms with van der Waals surface area (Å²) in [6, 6.07) is 17.3. The van der Waals surface area contributed by atoms with Crippen LogP contribution >= 0.6 is 35.4 Å². The molecule has 0 atom stereocenters. The molecule has 1 heterocycles. The molecule has 0 fully saturated rings. The Bertz CT molecular complexity index is 1270. The second kappa shape index (κ2) is 8.93. The zero-order chi connectivity index (χ0) is 22.0. The normalized spacial score (nSPS) is 10.7. The molecule has 9 heteroatoms. The Kier molecular flexibility index (Phi) is 6.08. The van der Waals surface area contributed by atoms with Gasteiger partial charge in [0.05, 0.1) is 23.3 Å². The standard InChI is InChI=1S/C22H15Cl2N3O3S/c1-29-18-9-6-12(23)10-15(18)20(28)27-22(31)25-13-7-8-16(24)14(11-13)21-26-17-4-2-3-5-19(17)30-21/h2-11H,1H3,(H2,25,27,28,31). The number of carbonyl (C=O) groups is 1. The van der Waals surface area contributed by atoms with E-state index in [1.54, 1.807) is 30.3 Å². The van der Waals surface area contributed by atoms with Gasteiger partial charge in [-0.25, -0.2) is 4.98 Å². The van der Waals surface area contributed by atoms with Gasteiger partial charge in [0.2, 0.25) is 5.89 Å². The van der Waals surface area contributed by atoms with Gasteiger partial charge in [-0.15, -0.1) is 0 Å². The molecule has 0 saturated carbocycles. The Morgan fingerprint density at radius 1 is 1.10 bits per heavy atom. The van der Waals surface area contributed by atoms with Crippen LogP contribution in [0.25, 0.3) is 22.6 Å². The molecule has 6 nitrogen and oxygen atoms in total. The van der Waals surface area contributed by atoms with E-state index in [4.69, 9.17) is 44.6 Å². The van der Waals surface area contributed by atoms with E-state index in [0.717, 1.165) is 5.52 Å². The molecule has 0 aliphatic rings. The minimum absolute atomic E-state index is 0.0952. The predicted molar refractivity (Wildman–Crippen MR) is 126 cm³/mol. The minimum atomic E-state index is -0.454. The molecular weight excluding hydrogens is 457 g/mol. The number of hydrogen-bond donors (Lipinski definition) is 2. The average Bonchev–Trinajstić information content (AvgIpc) is 3.19. The first-order chi connectivity index (χ1) is 14.9. The highest BCUT2D eigenvalue weighted by Gasteiger charge is 2.16. The number of oxazole rings is 1. The fourth-order valence-electron chi connectivity index (χ4n) is 2.94. The molecule has 1 amide bonds. The van der Waals surface area contributed by atoms with E-state index in [0.29, 0.717) is 38.5 Å². The van der Waals surface area contributed by atoms with Crippen LogP contribution in [0, 0.1) is 0 Å². The molecule has 3 aromatic carbocycles. The van der Waals surface area contributed by atoms with Gasteiger partial charge in [-0.2, -0.15) is 0 Å². The first kappa shape index (κ1) is 21.1. The third-order valence-electron chi connectivity index (χ3n) is 4.38. The number of hydrogen-bond acceptors (Lipinski definition) is 5. The SMILES string of the molecule is COc1ccc(Cl)cc1C(=O)NC(=S)Nc1ccc(Cl)c(-c2nc3ccccc3o2)c1. The lowest BCUT2D eigenvalue weighted by molar-refractivity contribution is 0.0975. The van der Waals surface area contributed by atoms with E-state index >= 15 is 0 Å². The number of aromatic nitrogens is 1. The number of carbonyl (C=O) groups excluding carboxylic acids is 1. The molecule has 0 spiro atoms. The maximum Gasteiger partial charge on any atom is 0.261 e. The molecule has 0 unspecified atom stereocenters. The minimum Gasteiger partial charge on any atom is -0.496 e. The lowest BCUT2D eigenvalue weighted by Gasteiger charge is -2.12. The molecule has 0 aliphatic heterocycles. The van der Waals surface area contributed by atoms with E-state index in [2.05, 4.69) is 15.6 Å². The van der Waals surface area contributed by atoms with Crippen molar-refractivity contribution in [3.63, 3.8) is 0 Å². The summed E-state index contributed by atoms with van der Waals surface area (Å²) in [7, 11) is 1.47. The second-order valence-electron chi connectivity index (χ2n) is 6.43. The Hall–Kier alpha value is -3.13. The number of amides is 1. The molecule has 4 rings (SSSR count). The third-order valence-corrected chi connectivity index (χ3v) is 5.15. The van der Waals surface area contributed by atoms with Crippen LogP contribution in [0.5, 0.6) is 5.75 Å². The van der Waals surface area contributed by atoms with E-state index in [1.807, 2.05) is 24.3 Å². The number of ether oxygens (including phenoxy) is 1. The van der Waals surface area contributed by atoms with Gasteiger partial charge in [-0.3, -0.25) is 10.1 Å². The second-order valence-corrected chi connectivity index (χ2v) is 7.69. The maximum absolute atomic E-state index is 12.6. The number of methoxy groups -OCH3 is 1. The summed E-state index contributed by atoms with van der Waals surface area (Å²) in [4.78, 5) is 17.1. The van der Waals surface area contributed by atoms with Crippen LogP contribution in [0.3, 0.4) is 0 Å². The van der Waals surface area contributed by atoms with Gasteiger partial charge in [-0.05, 0) is 60.7 Å². The zero-order valence-electron chi connectivity index (χ0n) is 16.1. The van der Waals surface area contributed by atoms with Crippen molar-refractivity contribution in [1.82, 2.24) is 10.3 Å². The highest BCUT2D eigenvalue weighted by atomic mass is 35.5. The van der Waals surface area contributed by atoms with Gasteiger partial charge in [0.1, 0.15) is 11.3 Å². The molecule has 156 valence electrons. The smallest absolute Gasteiger partial charge is 0.261 e. The summed E-state index contributed by atoms with van der Waals surface area (Å²) >= 11 is 17.6. The first-order valence-electron chi connectivity index (χ1n) is 9.06. The number of thiocarbonyl (C=S) groups is 1. The molecule has 0 bridgehead atoms. The number of fused-ring (bicyclic) bond motifs is 1. The molecule has 0 radical (unpaired) electrons. The van der Waals surface area contributed by atoms with E-state index < -0.39 is 5.91 Å². The predicted octanol–water partition coefficient (Wildman–Crippen LogP) is 5.94. The van der Waals surface area contributed by atoms with Gasteiger partial charge < -0.3 is 14.5 Å². The maximum atomic E-state index is 12.6. The Morgan fingerprint density at radius 2 is 1.90 bits per heavy atom. The Morgan fingerprint density at radius 3 is 2.68 bits per heavy atom. The third kappa shape index (κ3) is 4.64. The lowest BCUT2D eigenvalue weighted by atomic mass is 10.2. The summed E-state index contributed by atoms with van der Waals surface area (Å²) in [6.07, 6.45) is 0. The summed E-state index contributed by atoms with van der Waals surface area (Å²) in [6.45, 7) is 0. The molecule has 31 heavy (non-hydrogen) atoms.